The molecule has 0 spiro atoms. The molecule has 15 heteroatoms. The predicted molar refractivity (Wildman–Crippen MR) is 308 cm³/mol. The van der Waals surface area contributed by atoms with Gasteiger partial charge in [0.25, 0.3) is 0 Å². The second-order valence-corrected chi connectivity index (χ2v) is 36.3. The summed E-state index contributed by atoms with van der Waals surface area (Å²) < 4.78 is 54.2. The molecule has 0 bridgehead atoms. The first-order valence-electron chi connectivity index (χ1n) is 29.2. The Bertz CT molecular complexity index is 1720. The molecular weight excluding hydrogens is 969 g/mol. The topological polar surface area (TPSA) is 118 Å². The number of piperazine rings is 1. The summed E-state index contributed by atoms with van der Waals surface area (Å²) in [6.45, 7) is 44.8. The first-order chi connectivity index (χ1) is 34.6. The van der Waals surface area contributed by atoms with Crippen LogP contribution in [0.5, 0.6) is 0 Å². The minimum absolute atomic E-state index is 0.0724. The first kappa shape index (κ1) is 65.4. The van der Waals surface area contributed by atoms with Crippen molar-refractivity contribution in [2.45, 2.75) is 258 Å². The van der Waals surface area contributed by atoms with Crippen LogP contribution in [0.1, 0.15) is 150 Å². The number of epoxide rings is 1. The van der Waals surface area contributed by atoms with E-state index in [1.165, 1.54) is 0 Å². The lowest BCUT2D eigenvalue weighted by molar-refractivity contribution is -0.222. The van der Waals surface area contributed by atoms with Gasteiger partial charge in [-0.05, 0) is 120 Å². The maximum absolute atomic E-state index is 14.4. The minimum Gasteiger partial charge on any atom is -0.457 e. The molecule has 0 aromatic rings. The lowest BCUT2D eigenvalue weighted by atomic mass is 9.88. The van der Waals surface area contributed by atoms with Gasteiger partial charge in [0, 0.05) is 63.7 Å². The van der Waals surface area contributed by atoms with Crippen LogP contribution in [0.25, 0.3) is 0 Å². The maximum atomic E-state index is 14.4. The number of nitrogens with zero attached hydrogens (tertiary/aromatic N) is 2. The molecule has 73 heavy (non-hydrogen) atoms. The maximum Gasteiger partial charge on any atom is 0.410 e. The van der Waals surface area contributed by atoms with Crippen LogP contribution in [-0.2, 0) is 41.8 Å². The van der Waals surface area contributed by atoms with E-state index in [1.807, 2.05) is 45.9 Å². The SMILES string of the molecule is C=CCN1CCN(C(=O)OC2/C=C/C(C)C(/C(C)=C/C=C/C(C)(CC3OC3C(C)C(CC)O[Si](CC)(CC)CC)O[Si](CC)(CC)CC)OC(=O)CC(O[Si](CC)(CC)CC)CCC2(C)OC(C)OCC)CC1. The molecule has 0 aliphatic carbocycles. The molecule has 3 aliphatic rings. The van der Waals surface area contributed by atoms with Crippen molar-refractivity contribution in [1.29, 1.82) is 0 Å². The average Bonchev–Trinajstić information content (AvgIpc) is 4.15. The Morgan fingerprint density at radius 2 is 1.48 bits per heavy atom. The van der Waals surface area contributed by atoms with Gasteiger partial charge < -0.3 is 41.9 Å². The van der Waals surface area contributed by atoms with Crippen LogP contribution in [0.3, 0.4) is 0 Å². The molecule has 11 unspecified atom stereocenters. The van der Waals surface area contributed by atoms with Gasteiger partial charge in [-0.2, -0.15) is 0 Å². The minimum atomic E-state index is -2.18. The van der Waals surface area contributed by atoms with E-state index in [9.17, 15) is 9.59 Å². The Balaban J connectivity index is 2.10. The summed E-state index contributed by atoms with van der Waals surface area (Å²) in [6, 6.07) is 9.34. The Morgan fingerprint density at radius 3 is 2.01 bits per heavy atom. The van der Waals surface area contributed by atoms with E-state index in [2.05, 4.69) is 120 Å². The molecule has 0 aromatic heterocycles. The Morgan fingerprint density at radius 1 is 0.890 bits per heavy atom. The van der Waals surface area contributed by atoms with Gasteiger partial charge in [0.05, 0.1) is 30.3 Å². The number of ether oxygens (including phenoxy) is 5. The molecule has 2 saturated heterocycles. The number of carbonyl (C=O) groups excluding carboxylic acids is 2. The van der Waals surface area contributed by atoms with E-state index < -0.39 is 60.8 Å². The normalized spacial score (nSPS) is 27.8. The van der Waals surface area contributed by atoms with Crippen molar-refractivity contribution in [3.63, 3.8) is 0 Å². The van der Waals surface area contributed by atoms with E-state index >= 15 is 0 Å². The standard InChI is InChI=1S/C58H108N2O10Si3/c1-19-38-59-39-41-60(42-40-59)56(62)65-52-34-33-46(14)54(66-53(61)43-49(68-71(22-4,23-5)24-6)35-37-58(52,18)67-48(16)63-21-3)45(13)32-31-36-57(17,70-73(28-10,29-11)30-12)44-51-55(64-51)47(15)50(20-2)69-72(25-7,26-8)27-9/h19,31-34,36,46-52,54-55H,1,20-30,35,37-44H2,2-18H3/b34-33+,36-31+,45-32+. The van der Waals surface area contributed by atoms with E-state index in [0.29, 0.717) is 32.5 Å². The van der Waals surface area contributed by atoms with Gasteiger partial charge in [-0.3, -0.25) is 9.69 Å². The monoisotopic (exact) mass is 1080 g/mol. The molecule has 0 saturated carbocycles. The lowest BCUT2D eigenvalue weighted by Crippen LogP contribution is -2.52. The van der Waals surface area contributed by atoms with Crippen molar-refractivity contribution < 1.29 is 46.6 Å². The van der Waals surface area contributed by atoms with Crippen molar-refractivity contribution in [3.8, 4) is 0 Å². The van der Waals surface area contributed by atoms with Gasteiger partial charge in [0.15, 0.2) is 37.3 Å². The summed E-state index contributed by atoms with van der Waals surface area (Å²) in [5, 5.41) is 0. The molecule has 11 atom stereocenters. The number of hydrogen-bond donors (Lipinski definition) is 0. The number of cyclic esters (lactones) is 1. The van der Waals surface area contributed by atoms with Crippen molar-refractivity contribution >= 4 is 37.0 Å². The number of rotatable bonds is 30. The van der Waals surface area contributed by atoms with Gasteiger partial charge >= 0.3 is 12.1 Å². The second kappa shape index (κ2) is 30.9. The van der Waals surface area contributed by atoms with Crippen molar-refractivity contribution in [2.24, 2.45) is 11.8 Å². The number of amides is 1. The van der Waals surface area contributed by atoms with Gasteiger partial charge in [0.2, 0.25) is 0 Å². The van der Waals surface area contributed by atoms with Crippen LogP contribution in [0.4, 0.5) is 4.79 Å². The number of carbonyl (C=O) groups is 2. The van der Waals surface area contributed by atoms with Gasteiger partial charge in [0.1, 0.15) is 11.7 Å². The third kappa shape index (κ3) is 18.9. The molecule has 1 amide bonds. The molecule has 422 valence electrons. The quantitative estimate of drug-likeness (QED) is 0.0171. The van der Waals surface area contributed by atoms with Crippen molar-refractivity contribution in [3.05, 3.63) is 48.6 Å². The summed E-state index contributed by atoms with van der Waals surface area (Å²) in [5.74, 6) is -0.308. The zero-order chi connectivity index (χ0) is 54.6. The van der Waals surface area contributed by atoms with Crippen LogP contribution in [0.2, 0.25) is 54.4 Å². The molecule has 3 heterocycles. The molecule has 0 N–H and O–H groups in total. The van der Waals surface area contributed by atoms with Gasteiger partial charge in [-0.15, -0.1) is 6.58 Å². The fraction of sp³-hybridized carbons (Fsp3) is 0.828. The number of hydrogen-bond acceptors (Lipinski definition) is 11. The van der Waals surface area contributed by atoms with Gasteiger partial charge in [-0.25, -0.2) is 4.79 Å². The summed E-state index contributed by atoms with van der Waals surface area (Å²) in [4.78, 5) is 32.6. The van der Waals surface area contributed by atoms with Crippen LogP contribution >= 0.6 is 0 Å². The summed E-state index contributed by atoms with van der Waals surface area (Å²) in [7, 11) is -6.04. The molecule has 0 radical (unpaired) electrons. The molecule has 2 fully saturated rings. The smallest absolute Gasteiger partial charge is 0.410 e. The zero-order valence-electron chi connectivity index (χ0n) is 49.5. The van der Waals surface area contributed by atoms with Crippen LogP contribution in [-0.4, -0.2) is 140 Å². The third-order valence-electron chi connectivity index (χ3n) is 17.4. The van der Waals surface area contributed by atoms with Crippen LogP contribution in [0.15, 0.2) is 48.6 Å². The molecule has 3 aliphatic heterocycles. The van der Waals surface area contributed by atoms with Crippen molar-refractivity contribution in [1.82, 2.24) is 9.80 Å². The van der Waals surface area contributed by atoms with E-state index in [4.69, 9.17) is 37.0 Å². The third-order valence-corrected chi connectivity index (χ3v) is 31.6. The molecular formula is C58H108N2O10Si3. The highest BCUT2D eigenvalue weighted by molar-refractivity contribution is 6.74. The average molecular weight is 1080 g/mol. The summed E-state index contributed by atoms with van der Waals surface area (Å²) in [5.41, 5.74) is -0.704. The highest BCUT2D eigenvalue weighted by Gasteiger charge is 2.51. The molecule has 3 rings (SSSR count). The fourth-order valence-electron chi connectivity index (χ4n) is 11.5. The lowest BCUT2D eigenvalue weighted by Gasteiger charge is -2.41. The summed E-state index contributed by atoms with van der Waals surface area (Å²) in [6.07, 6.45) is 12.7. The highest BCUT2D eigenvalue weighted by atomic mass is 28.4. The van der Waals surface area contributed by atoms with Crippen LogP contribution < -0.4 is 0 Å². The van der Waals surface area contributed by atoms with E-state index in [0.717, 1.165) is 92.4 Å². The Hall–Kier alpha value is -1.93. The summed E-state index contributed by atoms with van der Waals surface area (Å²) >= 11 is 0. The highest BCUT2D eigenvalue weighted by Crippen LogP contribution is 2.43. The van der Waals surface area contributed by atoms with E-state index in [-0.39, 0.29) is 48.6 Å². The Labute approximate surface area is 449 Å². The molecule has 12 nitrogen and oxygen atoms in total. The Kier molecular flexibility index (Phi) is 27.6. The van der Waals surface area contributed by atoms with Gasteiger partial charge in [-0.1, -0.05) is 113 Å². The van der Waals surface area contributed by atoms with Crippen LogP contribution in [0, 0.1) is 11.8 Å². The number of esters is 1. The van der Waals surface area contributed by atoms with Crippen molar-refractivity contribution in [2.75, 3.05) is 39.3 Å². The fourth-order valence-corrected chi connectivity index (χ4v) is 20.5. The van der Waals surface area contributed by atoms with E-state index in [1.54, 1.807) is 4.90 Å². The number of allylic oxidation sites excluding steroid dienone is 2. The second-order valence-electron chi connectivity index (χ2n) is 22.2. The molecule has 0 aromatic carbocycles. The zero-order valence-corrected chi connectivity index (χ0v) is 52.5. The first-order valence-corrected chi connectivity index (χ1v) is 36.8. The largest absolute Gasteiger partial charge is 0.457 e. The predicted octanol–water partition coefficient (Wildman–Crippen LogP) is 14.0.